The van der Waals surface area contributed by atoms with Crippen molar-refractivity contribution in [2.45, 2.75) is 50.3 Å². The lowest BCUT2D eigenvalue weighted by Crippen LogP contribution is -2.46. The number of urea groups is 1. The number of hydrogen-bond acceptors (Lipinski definition) is 3. The van der Waals surface area contributed by atoms with Crippen molar-refractivity contribution in [3.63, 3.8) is 0 Å². The van der Waals surface area contributed by atoms with Crippen LogP contribution in [0.15, 0.2) is 0 Å². The number of carboxylic acid groups (broad SMARTS) is 1. The molecular formula is C13H22N2O3S. The third-order valence-electron chi connectivity index (χ3n) is 4.04. The Morgan fingerprint density at radius 3 is 2.68 bits per heavy atom. The van der Waals surface area contributed by atoms with E-state index in [2.05, 4.69) is 17.6 Å². The lowest BCUT2D eigenvalue weighted by Gasteiger charge is -2.21. The number of amides is 2. The van der Waals surface area contributed by atoms with E-state index in [1.165, 1.54) is 0 Å². The van der Waals surface area contributed by atoms with E-state index in [1.54, 1.807) is 0 Å². The van der Waals surface area contributed by atoms with Gasteiger partial charge in [-0.3, -0.25) is 4.79 Å². The van der Waals surface area contributed by atoms with Gasteiger partial charge in [-0.2, -0.15) is 11.8 Å². The van der Waals surface area contributed by atoms with E-state index in [0.717, 1.165) is 25.0 Å². The molecule has 2 aliphatic carbocycles. The van der Waals surface area contributed by atoms with Gasteiger partial charge in [0, 0.05) is 17.8 Å². The summed E-state index contributed by atoms with van der Waals surface area (Å²) < 4.78 is 0. The predicted molar refractivity (Wildman–Crippen MR) is 75.4 cm³/mol. The molecule has 0 radical (unpaired) electrons. The second-order valence-electron chi connectivity index (χ2n) is 5.44. The van der Waals surface area contributed by atoms with Gasteiger partial charge in [0.15, 0.2) is 0 Å². The zero-order chi connectivity index (χ0) is 13.9. The van der Waals surface area contributed by atoms with Crippen molar-refractivity contribution in [2.24, 2.45) is 5.41 Å². The number of carboxylic acids is 1. The van der Waals surface area contributed by atoms with Gasteiger partial charge in [-0.25, -0.2) is 4.79 Å². The van der Waals surface area contributed by atoms with Crippen LogP contribution >= 0.6 is 11.8 Å². The Hall–Kier alpha value is -0.910. The summed E-state index contributed by atoms with van der Waals surface area (Å²) in [6.07, 6.45) is 4.67. The zero-order valence-corrected chi connectivity index (χ0v) is 12.1. The maximum absolute atomic E-state index is 11.8. The summed E-state index contributed by atoms with van der Waals surface area (Å²) in [4.78, 5) is 22.8. The zero-order valence-electron chi connectivity index (χ0n) is 11.3. The highest BCUT2D eigenvalue weighted by Crippen LogP contribution is 2.45. The van der Waals surface area contributed by atoms with Gasteiger partial charge in [0.05, 0.1) is 5.41 Å². The molecule has 0 bridgehead atoms. The number of rotatable bonds is 6. The molecule has 3 N–H and O–H groups in total. The monoisotopic (exact) mass is 286 g/mol. The Bertz CT molecular complexity index is 358. The number of aliphatic carboxylic acids is 1. The maximum Gasteiger partial charge on any atom is 0.315 e. The quantitative estimate of drug-likeness (QED) is 0.696. The molecule has 2 atom stereocenters. The number of hydrogen-bond donors (Lipinski definition) is 3. The van der Waals surface area contributed by atoms with Gasteiger partial charge in [0.1, 0.15) is 0 Å². The summed E-state index contributed by atoms with van der Waals surface area (Å²) in [6, 6.07) is 0.00561. The molecule has 0 saturated heterocycles. The summed E-state index contributed by atoms with van der Waals surface area (Å²) >= 11 is 1.89. The largest absolute Gasteiger partial charge is 0.481 e. The molecule has 2 saturated carbocycles. The topological polar surface area (TPSA) is 78.4 Å². The Labute approximate surface area is 117 Å². The molecule has 2 rings (SSSR count). The van der Waals surface area contributed by atoms with Crippen molar-refractivity contribution in [3.05, 3.63) is 0 Å². The summed E-state index contributed by atoms with van der Waals surface area (Å²) in [6.45, 7) is 2.37. The fourth-order valence-electron chi connectivity index (χ4n) is 2.59. The van der Waals surface area contributed by atoms with Crippen LogP contribution in [-0.2, 0) is 4.79 Å². The molecule has 2 amide bonds. The maximum atomic E-state index is 11.8. The fourth-order valence-corrected chi connectivity index (χ4v) is 3.79. The van der Waals surface area contributed by atoms with E-state index >= 15 is 0 Å². The standard InChI is InChI=1S/C13H22N2O3S/c1-2-19-10-5-3-4-9(10)15-12(18)14-8-13(6-7-13)11(16)17/h9-10H,2-8H2,1H3,(H,16,17)(H2,14,15,18). The normalized spacial score (nSPS) is 27.8. The molecular weight excluding hydrogens is 264 g/mol. The smallest absolute Gasteiger partial charge is 0.315 e. The molecule has 0 heterocycles. The minimum atomic E-state index is -0.798. The van der Waals surface area contributed by atoms with Gasteiger partial charge in [-0.05, 0) is 31.4 Å². The molecule has 2 aliphatic rings. The summed E-state index contributed by atoms with van der Waals surface area (Å²) in [5.74, 6) is 0.264. The molecule has 0 spiro atoms. The van der Waals surface area contributed by atoms with Gasteiger partial charge in [-0.15, -0.1) is 0 Å². The van der Waals surface area contributed by atoms with E-state index in [-0.39, 0.29) is 18.6 Å². The van der Waals surface area contributed by atoms with Gasteiger partial charge >= 0.3 is 12.0 Å². The first-order chi connectivity index (χ1) is 9.07. The predicted octanol–water partition coefficient (Wildman–Crippen LogP) is 1.82. The second kappa shape index (κ2) is 6.03. The van der Waals surface area contributed by atoms with Crippen LogP contribution in [0.25, 0.3) is 0 Å². The van der Waals surface area contributed by atoms with Crippen molar-refractivity contribution in [2.75, 3.05) is 12.3 Å². The molecule has 108 valence electrons. The first-order valence-electron chi connectivity index (χ1n) is 6.97. The van der Waals surface area contributed by atoms with Gasteiger partial charge in [0.2, 0.25) is 0 Å². The highest BCUT2D eigenvalue weighted by atomic mass is 32.2. The van der Waals surface area contributed by atoms with Crippen LogP contribution in [0.1, 0.15) is 39.0 Å². The van der Waals surface area contributed by atoms with E-state index < -0.39 is 11.4 Å². The van der Waals surface area contributed by atoms with Crippen molar-refractivity contribution in [1.82, 2.24) is 10.6 Å². The minimum absolute atomic E-state index is 0.221. The molecule has 19 heavy (non-hydrogen) atoms. The highest BCUT2D eigenvalue weighted by Gasteiger charge is 2.50. The molecule has 2 unspecified atom stereocenters. The molecule has 0 aromatic heterocycles. The molecule has 5 nitrogen and oxygen atoms in total. The molecule has 0 aromatic rings. The third kappa shape index (κ3) is 3.55. The highest BCUT2D eigenvalue weighted by molar-refractivity contribution is 7.99. The first kappa shape index (κ1) is 14.5. The SMILES string of the molecule is CCSC1CCCC1NC(=O)NCC1(C(=O)O)CC1. The molecule has 0 aliphatic heterocycles. The molecule has 6 heteroatoms. The van der Waals surface area contributed by atoms with E-state index in [9.17, 15) is 9.59 Å². The van der Waals surface area contributed by atoms with Crippen LogP contribution in [0.2, 0.25) is 0 Å². The van der Waals surface area contributed by atoms with Crippen LogP contribution in [0.3, 0.4) is 0 Å². The average Bonchev–Trinajstić information content (AvgIpc) is 3.06. The minimum Gasteiger partial charge on any atom is -0.481 e. The van der Waals surface area contributed by atoms with E-state index in [4.69, 9.17) is 5.11 Å². The van der Waals surface area contributed by atoms with Crippen LogP contribution in [-0.4, -0.2) is 40.7 Å². The first-order valence-corrected chi connectivity index (χ1v) is 8.01. The Balaban J connectivity index is 1.74. The second-order valence-corrected chi connectivity index (χ2v) is 6.96. The Morgan fingerprint density at radius 1 is 1.37 bits per heavy atom. The van der Waals surface area contributed by atoms with Crippen molar-refractivity contribution in [1.29, 1.82) is 0 Å². The fraction of sp³-hybridized carbons (Fsp3) is 0.846. The number of nitrogens with one attached hydrogen (secondary N) is 2. The van der Waals surface area contributed by atoms with Crippen molar-refractivity contribution in [3.8, 4) is 0 Å². The van der Waals surface area contributed by atoms with Crippen LogP contribution in [0, 0.1) is 5.41 Å². The van der Waals surface area contributed by atoms with Crippen LogP contribution in [0.5, 0.6) is 0 Å². The Morgan fingerprint density at radius 2 is 2.11 bits per heavy atom. The van der Waals surface area contributed by atoms with Crippen LogP contribution in [0.4, 0.5) is 4.79 Å². The van der Waals surface area contributed by atoms with Crippen molar-refractivity contribution < 1.29 is 14.7 Å². The summed E-state index contributed by atoms with van der Waals surface area (Å²) in [7, 11) is 0. The Kier molecular flexibility index (Phi) is 4.60. The van der Waals surface area contributed by atoms with Crippen molar-refractivity contribution >= 4 is 23.8 Å². The van der Waals surface area contributed by atoms with E-state index in [0.29, 0.717) is 18.1 Å². The van der Waals surface area contributed by atoms with Crippen LogP contribution < -0.4 is 10.6 Å². The molecule has 0 aromatic carbocycles. The van der Waals surface area contributed by atoms with Gasteiger partial charge in [0.25, 0.3) is 0 Å². The van der Waals surface area contributed by atoms with Gasteiger partial charge in [-0.1, -0.05) is 13.3 Å². The van der Waals surface area contributed by atoms with E-state index in [1.807, 2.05) is 11.8 Å². The lowest BCUT2D eigenvalue weighted by atomic mass is 10.1. The lowest BCUT2D eigenvalue weighted by molar-refractivity contribution is -0.143. The number of carbonyl (C=O) groups is 2. The third-order valence-corrected chi connectivity index (χ3v) is 5.37. The molecule has 2 fully saturated rings. The summed E-state index contributed by atoms with van der Waals surface area (Å²) in [5, 5.41) is 15.2. The van der Waals surface area contributed by atoms with Gasteiger partial charge < -0.3 is 15.7 Å². The number of thioether (sulfide) groups is 1. The summed E-state index contributed by atoms with van der Waals surface area (Å²) in [5.41, 5.74) is -0.690. The average molecular weight is 286 g/mol. The number of carbonyl (C=O) groups excluding carboxylic acids is 1.